The number of rotatable bonds is 9. The van der Waals surface area contributed by atoms with Crippen LogP contribution in [0.1, 0.15) is 19.7 Å². The molecule has 1 aromatic heterocycles. The van der Waals surface area contributed by atoms with Crippen LogP contribution in [0.3, 0.4) is 0 Å². The van der Waals surface area contributed by atoms with Crippen LogP contribution in [0, 0.1) is 0 Å². The third-order valence-corrected chi connectivity index (χ3v) is 2.43. The van der Waals surface area contributed by atoms with Crippen molar-refractivity contribution in [1.82, 2.24) is 14.9 Å². The van der Waals surface area contributed by atoms with E-state index in [9.17, 15) is 0 Å². The predicted octanol–water partition coefficient (Wildman–Crippen LogP) is 1.42. The highest BCUT2D eigenvalue weighted by molar-refractivity contribution is 5.47. The van der Waals surface area contributed by atoms with E-state index < -0.39 is 0 Å². The fourth-order valence-corrected chi connectivity index (χ4v) is 1.52. The minimum absolute atomic E-state index is 0.443. The van der Waals surface area contributed by atoms with Crippen LogP contribution in [0.15, 0.2) is 6.07 Å². The Balaban J connectivity index is 2.68. The molecule has 0 fully saturated rings. The fraction of sp³-hybridized carbons (Fsp3) is 0.692. The SMILES string of the molecule is CCNc1cc(NCCN(C)C)nc(COCC)n1. The molecular weight excluding hydrogens is 242 g/mol. The second kappa shape index (κ2) is 8.66. The summed E-state index contributed by atoms with van der Waals surface area (Å²) in [7, 11) is 4.10. The van der Waals surface area contributed by atoms with E-state index in [2.05, 4.69) is 25.5 Å². The van der Waals surface area contributed by atoms with Crippen molar-refractivity contribution in [2.45, 2.75) is 20.5 Å². The zero-order valence-corrected chi connectivity index (χ0v) is 12.4. The van der Waals surface area contributed by atoms with Crippen molar-refractivity contribution < 1.29 is 4.74 Å². The van der Waals surface area contributed by atoms with Crippen molar-refractivity contribution >= 4 is 11.6 Å². The first-order valence-electron chi connectivity index (χ1n) is 6.73. The molecule has 0 aliphatic carbocycles. The molecule has 1 aromatic rings. The molecule has 0 saturated heterocycles. The maximum absolute atomic E-state index is 5.36. The summed E-state index contributed by atoms with van der Waals surface area (Å²) in [5.74, 6) is 2.37. The average Bonchev–Trinajstić information content (AvgIpc) is 2.36. The van der Waals surface area contributed by atoms with Gasteiger partial charge < -0.3 is 20.3 Å². The smallest absolute Gasteiger partial charge is 0.158 e. The van der Waals surface area contributed by atoms with Crippen LogP contribution in [-0.2, 0) is 11.3 Å². The van der Waals surface area contributed by atoms with Crippen LogP contribution in [0.2, 0.25) is 0 Å². The predicted molar refractivity (Wildman–Crippen MR) is 78.6 cm³/mol. The third kappa shape index (κ3) is 6.35. The Bertz CT molecular complexity index is 370. The Kier molecular flexibility index (Phi) is 7.14. The van der Waals surface area contributed by atoms with Gasteiger partial charge in [0.1, 0.15) is 18.2 Å². The molecule has 0 radical (unpaired) electrons. The highest BCUT2D eigenvalue weighted by Gasteiger charge is 2.04. The standard InChI is InChI=1S/C13H25N5O/c1-5-14-11-9-12(15-7-8-18(3)4)17-13(16-11)10-19-6-2/h9H,5-8,10H2,1-4H3,(H2,14,15,16,17). The minimum Gasteiger partial charge on any atom is -0.374 e. The van der Waals surface area contributed by atoms with Gasteiger partial charge in [0.25, 0.3) is 0 Å². The van der Waals surface area contributed by atoms with Gasteiger partial charge in [-0.15, -0.1) is 0 Å². The normalized spacial score (nSPS) is 10.8. The second-order valence-corrected chi connectivity index (χ2v) is 4.45. The lowest BCUT2D eigenvalue weighted by Gasteiger charge is -2.13. The highest BCUT2D eigenvalue weighted by Crippen LogP contribution is 2.11. The molecule has 0 aliphatic heterocycles. The first kappa shape index (κ1) is 15.7. The van der Waals surface area contributed by atoms with E-state index in [4.69, 9.17) is 4.74 Å². The maximum Gasteiger partial charge on any atom is 0.158 e. The second-order valence-electron chi connectivity index (χ2n) is 4.45. The lowest BCUT2D eigenvalue weighted by Crippen LogP contribution is -2.21. The van der Waals surface area contributed by atoms with Crippen LogP contribution < -0.4 is 10.6 Å². The topological polar surface area (TPSA) is 62.3 Å². The number of ether oxygens (including phenoxy) is 1. The van der Waals surface area contributed by atoms with Gasteiger partial charge in [0.2, 0.25) is 0 Å². The molecule has 0 aliphatic rings. The molecule has 19 heavy (non-hydrogen) atoms. The van der Waals surface area contributed by atoms with Crippen LogP contribution in [0.4, 0.5) is 11.6 Å². The summed E-state index contributed by atoms with van der Waals surface area (Å²) in [6.45, 7) is 7.76. The summed E-state index contributed by atoms with van der Waals surface area (Å²) in [6, 6.07) is 1.93. The number of anilines is 2. The van der Waals surface area contributed by atoms with Crippen molar-refractivity contribution in [2.24, 2.45) is 0 Å². The lowest BCUT2D eigenvalue weighted by molar-refractivity contribution is 0.128. The number of nitrogens with zero attached hydrogens (tertiary/aromatic N) is 3. The Hall–Kier alpha value is -1.40. The third-order valence-electron chi connectivity index (χ3n) is 2.43. The van der Waals surface area contributed by atoms with Crippen molar-refractivity contribution in [3.05, 3.63) is 11.9 Å². The molecule has 2 N–H and O–H groups in total. The molecule has 6 nitrogen and oxygen atoms in total. The van der Waals surface area contributed by atoms with E-state index in [1.165, 1.54) is 0 Å². The zero-order chi connectivity index (χ0) is 14.1. The van der Waals surface area contributed by atoms with Crippen LogP contribution >= 0.6 is 0 Å². The van der Waals surface area contributed by atoms with Gasteiger partial charge in [-0.1, -0.05) is 0 Å². The van der Waals surface area contributed by atoms with Gasteiger partial charge in [0.05, 0.1) is 0 Å². The van der Waals surface area contributed by atoms with Crippen LogP contribution in [-0.4, -0.2) is 55.2 Å². The van der Waals surface area contributed by atoms with E-state index >= 15 is 0 Å². The number of hydrogen-bond acceptors (Lipinski definition) is 6. The molecule has 0 bridgehead atoms. The van der Waals surface area contributed by atoms with Crippen molar-refractivity contribution in [1.29, 1.82) is 0 Å². The first-order valence-corrected chi connectivity index (χ1v) is 6.73. The van der Waals surface area contributed by atoms with Gasteiger partial charge in [0, 0.05) is 32.3 Å². The molecule has 0 spiro atoms. The maximum atomic E-state index is 5.36. The minimum atomic E-state index is 0.443. The molecule has 1 rings (SSSR count). The first-order chi connectivity index (χ1) is 9.15. The van der Waals surface area contributed by atoms with Crippen molar-refractivity contribution in [3.8, 4) is 0 Å². The summed E-state index contributed by atoms with van der Waals surface area (Å²) in [6.07, 6.45) is 0. The van der Waals surface area contributed by atoms with Gasteiger partial charge in [-0.25, -0.2) is 9.97 Å². The summed E-state index contributed by atoms with van der Waals surface area (Å²) in [5, 5.41) is 6.51. The number of hydrogen-bond donors (Lipinski definition) is 2. The Labute approximate surface area is 115 Å². The summed E-state index contributed by atoms with van der Waals surface area (Å²) >= 11 is 0. The molecule has 108 valence electrons. The Morgan fingerprint density at radius 1 is 1.16 bits per heavy atom. The molecule has 0 unspecified atom stereocenters. The quantitative estimate of drug-likeness (QED) is 0.705. The van der Waals surface area contributed by atoms with E-state index in [0.29, 0.717) is 19.0 Å². The lowest BCUT2D eigenvalue weighted by atomic mass is 10.4. The molecule has 0 aromatic carbocycles. The highest BCUT2D eigenvalue weighted by atomic mass is 16.5. The van der Waals surface area contributed by atoms with E-state index in [1.807, 2.05) is 34.0 Å². The largest absolute Gasteiger partial charge is 0.374 e. The number of likely N-dealkylation sites (N-methyl/N-ethyl adjacent to an activating group) is 1. The molecular formula is C13H25N5O. The molecule has 6 heteroatoms. The zero-order valence-electron chi connectivity index (χ0n) is 12.4. The van der Waals surface area contributed by atoms with Gasteiger partial charge in [-0.2, -0.15) is 0 Å². The van der Waals surface area contributed by atoms with Gasteiger partial charge in [-0.05, 0) is 27.9 Å². The van der Waals surface area contributed by atoms with E-state index in [-0.39, 0.29) is 0 Å². The Morgan fingerprint density at radius 2 is 1.84 bits per heavy atom. The van der Waals surface area contributed by atoms with Crippen molar-refractivity contribution in [2.75, 3.05) is 51.0 Å². The van der Waals surface area contributed by atoms with E-state index in [0.717, 1.165) is 31.3 Å². The Morgan fingerprint density at radius 3 is 2.42 bits per heavy atom. The summed E-state index contributed by atoms with van der Waals surface area (Å²) in [4.78, 5) is 11.0. The summed E-state index contributed by atoms with van der Waals surface area (Å²) < 4.78 is 5.36. The molecule has 0 saturated carbocycles. The average molecular weight is 267 g/mol. The van der Waals surface area contributed by atoms with Gasteiger partial charge >= 0.3 is 0 Å². The molecule has 1 heterocycles. The number of aromatic nitrogens is 2. The van der Waals surface area contributed by atoms with Gasteiger partial charge in [0.15, 0.2) is 5.82 Å². The molecule has 0 atom stereocenters. The monoisotopic (exact) mass is 267 g/mol. The molecule has 0 amide bonds. The van der Waals surface area contributed by atoms with Crippen LogP contribution in [0.5, 0.6) is 0 Å². The number of nitrogens with one attached hydrogen (secondary N) is 2. The summed E-state index contributed by atoms with van der Waals surface area (Å²) in [5.41, 5.74) is 0. The van der Waals surface area contributed by atoms with Crippen LogP contribution in [0.25, 0.3) is 0 Å². The van der Waals surface area contributed by atoms with Crippen molar-refractivity contribution in [3.63, 3.8) is 0 Å². The fourth-order valence-electron chi connectivity index (χ4n) is 1.52. The van der Waals surface area contributed by atoms with E-state index in [1.54, 1.807) is 0 Å². The van der Waals surface area contributed by atoms with Gasteiger partial charge in [-0.3, -0.25) is 0 Å².